The van der Waals surface area contributed by atoms with Crippen LogP contribution in [0.1, 0.15) is 42.3 Å². The molecular formula is C24H26N6O. The van der Waals surface area contributed by atoms with Gasteiger partial charge >= 0.3 is 0 Å². The van der Waals surface area contributed by atoms with Crippen molar-refractivity contribution in [3.8, 4) is 28.3 Å². The van der Waals surface area contributed by atoms with Crippen molar-refractivity contribution >= 4 is 5.82 Å². The number of benzene rings is 1. The van der Waals surface area contributed by atoms with E-state index < -0.39 is 0 Å². The Morgan fingerprint density at radius 1 is 1.23 bits per heavy atom. The third-order valence-electron chi connectivity index (χ3n) is 5.85. The summed E-state index contributed by atoms with van der Waals surface area (Å²) in [6.07, 6.45) is 6.37. The van der Waals surface area contributed by atoms with E-state index in [1.165, 1.54) is 5.56 Å². The largest absolute Gasteiger partial charge is 0.482 e. The van der Waals surface area contributed by atoms with Gasteiger partial charge in [-0.25, -0.2) is 9.97 Å². The number of aryl methyl sites for hydroxylation is 3. The maximum Gasteiger partial charge on any atom is 0.166 e. The van der Waals surface area contributed by atoms with Gasteiger partial charge in [0.1, 0.15) is 6.10 Å². The number of nitrogen functional groups attached to an aromatic ring is 1. The SMILES string of the molecule is CCc1ncn2c1-c1cnc(N)c(c1)O[C@H](C)c1cc(C)ccc1-c1nn(C)cc1C2. The third kappa shape index (κ3) is 3.26. The van der Waals surface area contributed by atoms with Crippen molar-refractivity contribution in [2.75, 3.05) is 5.73 Å². The number of hydrogen-bond acceptors (Lipinski definition) is 5. The van der Waals surface area contributed by atoms with E-state index in [0.29, 0.717) is 18.1 Å². The molecule has 0 amide bonds. The predicted molar refractivity (Wildman–Crippen MR) is 121 cm³/mol. The van der Waals surface area contributed by atoms with Gasteiger partial charge in [-0.3, -0.25) is 4.68 Å². The van der Waals surface area contributed by atoms with Crippen LogP contribution in [0.5, 0.6) is 5.75 Å². The summed E-state index contributed by atoms with van der Waals surface area (Å²) < 4.78 is 10.4. The van der Waals surface area contributed by atoms with Crippen molar-refractivity contribution in [1.29, 1.82) is 0 Å². The Hall–Kier alpha value is -3.61. The minimum atomic E-state index is -0.223. The summed E-state index contributed by atoms with van der Waals surface area (Å²) in [5, 5.41) is 4.82. The molecule has 1 atom stereocenters. The smallest absolute Gasteiger partial charge is 0.166 e. The van der Waals surface area contributed by atoms with Gasteiger partial charge in [-0.15, -0.1) is 0 Å². The summed E-state index contributed by atoms with van der Waals surface area (Å²) in [7, 11) is 1.96. The van der Waals surface area contributed by atoms with Crippen molar-refractivity contribution in [3.05, 3.63) is 65.4 Å². The second-order valence-electron chi connectivity index (χ2n) is 8.16. The molecule has 0 fully saturated rings. The summed E-state index contributed by atoms with van der Waals surface area (Å²) in [6, 6.07) is 8.39. The van der Waals surface area contributed by atoms with E-state index >= 15 is 0 Å². The van der Waals surface area contributed by atoms with Gasteiger partial charge in [0.15, 0.2) is 11.6 Å². The number of ether oxygens (including phenoxy) is 1. The van der Waals surface area contributed by atoms with Crippen molar-refractivity contribution in [1.82, 2.24) is 24.3 Å². The van der Waals surface area contributed by atoms with Crippen LogP contribution in [0.4, 0.5) is 5.82 Å². The Kier molecular flexibility index (Phi) is 4.54. The minimum Gasteiger partial charge on any atom is -0.482 e. The van der Waals surface area contributed by atoms with E-state index in [2.05, 4.69) is 52.8 Å². The number of nitrogens with zero attached hydrogens (tertiary/aromatic N) is 5. The van der Waals surface area contributed by atoms with E-state index in [-0.39, 0.29) is 6.10 Å². The molecule has 2 bridgehead atoms. The summed E-state index contributed by atoms with van der Waals surface area (Å²) in [5.74, 6) is 0.957. The summed E-state index contributed by atoms with van der Waals surface area (Å²) in [4.78, 5) is 9.10. The first-order valence-electron chi connectivity index (χ1n) is 10.5. The van der Waals surface area contributed by atoms with Crippen molar-refractivity contribution in [2.24, 2.45) is 7.05 Å². The first-order valence-corrected chi connectivity index (χ1v) is 10.5. The summed E-state index contributed by atoms with van der Waals surface area (Å²) in [5.41, 5.74) is 14.6. The minimum absolute atomic E-state index is 0.223. The zero-order chi connectivity index (χ0) is 21.7. The van der Waals surface area contributed by atoms with Gasteiger partial charge < -0.3 is 15.0 Å². The van der Waals surface area contributed by atoms with Gasteiger partial charge in [-0.1, -0.05) is 30.7 Å². The zero-order valence-corrected chi connectivity index (χ0v) is 18.3. The average molecular weight is 415 g/mol. The summed E-state index contributed by atoms with van der Waals surface area (Å²) in [6.45, 7) is 6.90. The van der Waals surface area contributed by atoms with Crippen molar-refractivity contribution in [3.63, 3.8) is 0 Å². The molecule has 4 aromatic rings. The number of fused-ring (bicyclic) bond motifs is 7. The Labute approximate surface area is 181 Å². The van der Waals surface area contributed by atoms with Crippen LogP contribution in [0.25, 0.3) is 22.5 Å². The Bertz CT molecular complexity index is 1290. The molecule has 0 spiro atoms. The van der Waals surface area contributed by atoms with E-state index in [1.807, 2.05) is 31.0 Å². The fourth-order valence-electron chi connectivity index (χ4n) is 4.37. The van der Waals surface area contributed by atoms with Crippen LogP contribution in [-0.2, 0) is 20.0 Å². The number of pyridine rings is 1. The predicted octanol–water partition coefficient (Wildman–Crippen LogP) is 4.30. The molecule has 3 aromatic heterocycles. The highest BCUT2D eigenvalue weighted by molar-refractivity contribution is 5.70. The van der Waals surface area contributed by atoms with Crippen LogP contribution in [0.2, 0.25) is 0 Å². The van der Waals surface area contributed by atoms with Crippen LogP contribution in [0.3, 0.4) is 0 Å². The standard InChI is InChI=1S/C24H26N6O/c1-5-20-23-16-9-21(24(25)26-10-16)31-15(3)19-8-14(2)6-7-18(19)22-17(11-29(4)28-22)12-30(23)13-27-20/h6-11,13,15H,5,12H2,1-4H3,(H2,25,26)/t15-/m1/s1. The van der Waals surface area contributed by atoms with E-state index in [4.69, 9.17) is 15.6 Å². The first kappa shape index (κ1) is 19.4. The molecule has 4 heterocycles. The zero-order valence-electron chi connectivity index (χ0n) is 18.3. The molecule has 0 unspecified atom stereocenters. The van der Waals surface area contributed by atoms with E-state index in [0.717, 1.165) is 45.8 Å². The number of nitrogens with two attached hydrogens (primary N) is 1. The molecule has 0 saturated carbocycles. The lowest BCUT2D eigenvalue weighted by atomic mass is 9.96. The molecule has 0 aliphatic carbocycles. The van der Waals surface area contributed by atoms with Crippen LogP contribution in [0.15, 0.2) is 43.0 Å². The molecule has 2 N–H and O–H groups in total. The molecule has 7 nitrogen and oxygen atoms in total. The van der Waals surface area contributed by atoms with Gasteiger partial charge in [-0.2, -0.15) is 5.10 Å². The van der Waals surface area contributed by atoms with Gasteiger partial charge in [0, 0.05) is 41.7 Å². The number of hydrogen-bond donors (Lipinski definition) is 1. The lowest BCUT2D eigenvalue weighted by Gasteiger charge is -2.21. The topological polar surface area (TPSA) is 83.8 Å². The first-order chi connectivity index (χ1) is 14.9. The van der Waals surface area contributed by atoms with E-state index in [9.17, 15) is 0 Å². The van der Waals surface area contributed by atoms with Gasteiger partial charge in [-0.05, 0) is 26.3 Å². The molecule has 0 saturated heterocycles. The van der Waals surface area contributed by atoms with Crippen LogP contribution >= 0.6 is 0 Å². The summed E-state index contributed by atoms with van der Waals surface area (Å²) >= 11 is 0. The average Bonchev–Trinajstić information content (AvgIpc) is 3.32. The number of anilines is 1. The molecule has 1 aliphatic heterocycles. The number of aromatic nitrogens is 5. The Balaban J connectivity index is 1.81. The van der Waals surface area contributed by atoms with Crippen LogP contribution < -0.4 is 10.5 Å². The fourth-order valence-corrected chi connectivity index (χ4v) is 4.37. The van der Waals surface area contributed by atoms with Gasteiger partial charge in [0.2, 0.25) is 0 Å². The van der Waals surface area contributed by atoms with Crippen LogP contribution in [0, 0.1) is 6.92 Å². The highest BCUT2D eigenvalue weighted by Crippen LogP contribution is 2.37. The van der Waals surface area contributed by atoms with Crippen molar-refractivity contribution < 1.29 is 4.74 Å². The quantitative estimate of drug-likeness (QED) is 0.502. The number of imidazole rings is 1. The molecule has 1 aromatic carbocycles. The Morgan fingerprint density at radius 2 is 2.06 bits per heavy atom. The molecule has 5 rings (SSSR count). The molecular weight excluding hydrogens is 388 g/mol. The fraction of sp³-hybridized carbons (Fsp3) is 0.292. The highest BCUT2D eigenvalue weighted by atomic mass is 16.5. The lowest BCUT2D eigenvalue weighted by Crippen LogP contribution is -2.10. The molecule has 0 radical (unpaired) electrons. The third-order valence-corrected chi connectivity index (χ3v) is 5.85. The van der Waals surface area contributed by atoms with Gasteiger partial charge in [0.05, 0.1) is 30.0 Å². The second kappa shape index (κ2) is 7.27. The van der Waals surface area contributed by atoms with Gasteiger partial charge in [0.25, 0.3) is 0 Å². The monoisotopic (exact) mass is 414 g/mol. The highest BCUT2D eigenvalue weighted by Gasteiger charge is 2.23. The second-order valence-corrected chi connectivity index (χ2v) is 8.16. The maximum absolute atomic E-state index is 6.37. The van der Waals surface area contributed by atoms with Crippen molar-refractivity contribution in [2.45, 2.75) is 39.8 Å². The molecule has 1 aliphatic rings. The maximum atomic E-state index is 6.37. The normalized spacial score (nSPS) is 15.2. The molecule has 31 heavy (non-hydrogen) atoms. The van der Waals surface area contributed by atoms with Crippen LogP contribution in [-0.4, -0.2) is 24.3 Å². The molecule has 7 heteroatoms. The molecule has 158 valence electrons. The lowest BCUT2D eigenvalue weighted by molar-refractivity contribution is 0.228. The number of rotatable bonds is 1. The van der Waals surface area contributed by atoms with E-state index in [1.54, 1.807) is 6.20 Å². The Morgan fingerprint density at radius 3 is 2.87 bits per heavy atom.